The molecule has 0 aromatic carbocycles. The number of hydrogen-bond donors (Lipinski definition) is 2. The third-order valence-corrected chi connectivity index (χ3v) is 2.25. The van der Waals surface area contributed by atoms with Gasteiger partial charge in [0.2, 0.25) is 0 Å². The SMILES string of the molecule is CCCOCCC(N)C(CCN)OCC. The second-order valence-corrected chi connectivity index (χ2v) is 3.64. The molecule has 0 aliphatic heterocycles. The highest BCUT2D eigenvalue weighted by atomic mass is 16.5. The van der Waals surface area contributed by atoms with Gasteiger partial charge in [0.15, 0.2) is 0 Å². The first-order valence-electron chi connectivity index (χ1n) is 5.91. The van der Waals surface area contributed by atoms with Gasteiger partial charge in [0.05, 0.1) is 6.10 Å². The molecule has 0 saturated carbocycles. The van der Waals surface area contributed by atoms with E-state index in [4.69, 9.17) is 20.9 Å². The Balaban J connectivity index is 3.65. The highest BCUT2D eigenvalue weighted by Gasteiger charge is 2.16. The van der Waals surface area contributed by atoms with Crippen LogP contribution in [0.5, 0.6) is 0 Å². The van der Waals surface area contributed by atoms with Gasteiger partial charge >= 0.3 is 0 Å². The van der Waals surface area contributed by atoms with Gasteiger partial charge in [0.1, 0.15) is 0 Å². The molecule has 0 amide bonds. The molecular formula is C11H26N2O2. The zero-order chi connectivity index (χ0) is 11.5. The second-order valence-electron chi connectivity index (χ2n) is 3.64. The normalized spacial score (nSPS) is 15.2. The van der Waals surface area contributed by atoms with Crippen LogP contribution in [-0.4, -0.2) is 38.5 Å². The molecule has 0 radical (unpaired) electrons. The highest BCUT2D eigenvalue weighted by Crippen LogP contribution is 2.06. The summed E-state index contributed by atoms with van der Waals surface area (Å²) in [6.45, 7) is 6.90. The van der Waals surface area contributed by atoms with Gasteiger partial charge in [-0.3, -0.25) is 0 Å². The summed E-state index contributed by atoms with van der Waals surface area (Å²) in [6, 6.07) is 0.0327. The third-order valence-electron chi connectivity index (χ3n) is 2.25. The molecule has 0 spiro atoms. The quantitative estimate of drug-likeness (QED) is 0.534. The fourth-order valence-corrected chi connectivity index (χ4v) is 1.45. The Hall–Kier alpha value is -0.160. The van der Waals surface area contributed by atoms with Crippen molar-refractivity contribution < 1.29 is 9.47 Å². The molecule has 0 aromatic rings. The van der Waals surface area contributed by atoms with Crippen LogP contribution >= 0.6 is 0 Å². The molecule has 2 atom stereocenters. The van der Waals surface area contributed by atoms with Crippen LogP contribution in [0.25, 0.3) is 0 Å². The van der Waals surface area contributed by atoms with E-state index in [9.17, 15) is 0 Å². The van der Waals surface area contributed by atoms with Crippen molar-refractivity contribution in [2.24, 2.45) is 11.5 Å². The molecule has 92 valence electrons. The lowest BCUT2D eigenvalue weighted by molar-refractivity contribution is 0.0279. The molecule has 15 heavy (non-hydrogen) atoms. The smallest absolute Gasteiger partial charge is 0.0738 e. The first-order chi connectivity index (χ1) is 7.26. The summed E-state index contributed by atoms with van der Waals surface area (Å²) in [5, 5.41) is 0. The summed E-state index contributed by atoms with van der Waals surface area (Å²) in [5.41, 5.74) is 11.5. The van der Waals surface area contributed by atoms with E-state index >= 15 is 0 Å². The van der Waals surface area contributed by atoms with Crippen LogP contribution in [0.2, 0.25) is 0 Å². The minimum Gasteiger partial charge on any atom is -0.381 e. The van der Waals surface area contributed by atoms with Crippen LogP contribution in [0.4, 0.5) is 0 Å². The van der Waals surface area contributed by atoms with Gasteiger partial charge in [-0.1, -0.05) is 6.92 Å². The number of hydrogen-bond acceptors (Lipinski definition) is 4. The van der Waals surface area contributed by atoms with Crippen LogP contribution in [0.1, 0.15) is 33.1 Å². The van der Waals surface area contributed by atoms with Crippen LogP contribution in [0.3, 0.4) is 0 Å². The van der Waals surface area contributed by atoms with Crippen molar-refractivity contribution in [2.75, 3.05) is 26.4 Å². The Bertz CT molecular complexity index is 128. The first-order valence-corrected chi connectivity index (χ1v) is 5.91. The van der Waals surface area contributed by atoms with E-state index in [2.05, 4.69) is 6.92 Å². The van der Waals surface area contributed by atoms with Crippen LogP contribution < -0.4 is 11.5 Å². The maximum Gasteiger partial charge on any atom is 0.0738 e. The van der Waals surface area contributed by atoms with Crippen LogP contribution in [-0.2, 0) is 9.47 Å². The monoisotopic (exact) mass is 218 g/mol. The van der Waals surface area contributed by atoms with Crippen molar-refractivity contribution >= 4 is 0 Å². The molecule has 2 unspecified atom stereocenters. The van der Waals surface area contributed by atoms with Crippen molar-refractivity contribution in [2.45, 2.75) is 45.3 Å². The van der Waals surface area contributed by atoms with Crippen molar-refractivity contribution in [3.8, 4) is 0 Å². The predicted octanol–water partition coefficient (Wildman–Crippen LogP) is 0.884. The summed E-state index contributed by atoms with van der Waals surface area (Å²) in [6.07, 6.45) is 2.78. The summed E-state index contributed by atoms with van der Waals surface area (Å²) in [7, 11) is 0. The fraction of sp³-hybridized carbons (Fsp3) is 1.00. The molecule has 4 N–H and O–H groups in total. The van der Waals surface area contributed by atoms with E-state index in [-0.39, 0.29) is 12.1 Å². The van der Waals surface area contributed by atoms with Crippen molar-refractivity contribution in [1.82, 2.24) is 0 Å². The van der Waals surface area contributed by atoms with Gasteiger partial charge in [0, 0.05) is 25.9 Å². The summed E-state index contributed by atoms with van der Waals surface area (Å²) in [5.74, 6) is 0. The fourth-order valence-electron chi connectivity index (χ4n) is 1.45. The third kappa shape index (κ3) is 7.73. The van der Waals surface area contributed by atoms with Crippen molar-refractivity contribution in [3.05, 3.63) is 0 Å². The van der Waals surface area contributed by atoms with Gasteiger partial charge < -0.3 is 20.9 Å². The van der Waals surface area contributed by atoms with Crippen molar-refractivity contribution in [3.63, 3.8) is 0 Å². The average Bonchev–Trinajstić information content (AvgIpc) is 2.24. The van der Waals surface area contributed by atoms with E-state index < -0.39 is 0 Å². The van der Waals surface area contributed by atoms with E-state index in [0.717, 1.165) is 25.9 Å². The molecule has 0 saturated heterocycles. The van der Waals surface area contributed by atoms with E-state index in [0.29, 0.717) is 19.8 Å². The molecule has 0 bridgehead atoms. The summed E-state index contributed by atoms with van der Waals surface area (Å²) >= 11 is 0. The summed E-state index contributed by atoms with van der Waals surface area (Å²) < 4.78 is 10.9. The maximum atomic E-state index is 6.01. The number of ether oxygens (including phenoxy) is 2. The number of rotatable bonds is 10. The predicted molar refractivity (Wildman–Crippen MR) is 62.8 cm³/mol. The summed E-state index contributed by atoms with van der Waals surface area (Å²) in [4.78, 5) is 0. The van der Waals surface area contributed by atoms with E-state index in [1.54, 1.807) is 0 Å². The Labute approximate surface area is 93.3 Å². The average molecular weight is 218 g/mol. The molecule has 4 nitrogen and oxygen atoms in total. The second kappa shape index (κ2) is 10.4. The molecule has 0 fully saturated rings. The van der Waals surface area contributed by atoms with Gasteiger partial charge in [0.25, 0.3) is 0 Å². The largest absolute Gasteiger partial charge is 0.381 e. The molecule has 0 aliphatic rings. The lowest BCUT2D eigenvalue weighted by atomic mass is 10.1. The molecule has 0 aromatic heterocycles. The van der Waals surface area contributed by atoms with E-state index in [1.807, 2.05) is 6.92 Å². The van der Waals surface area contributed by atoms with E-state index in [1.165, 1.54) is 0 Å². The first kappa shape index (κ1) is 14.8. The lowest BCUT2D eigenvalue weighted by Gasteiger charge is -2.23. The lowest BCUT2D eigenvalue weighted by Crippen LogP contribution is -2.39. The number of nitrogens with two attached hydrogens (primary N) is 2. The maximum absolute atomic E-state index is 6.01. The van der Waals surface area contributed by atoms with Gasteiger partial charge in [-0.05, 0) is 32.7 Å². The molecule has 0 aliphatic carbocycles. The highest BCUT2D eigenvalue weighted by molar-refractivity contribution is 4.73. The Kier molecular flexibility index (Phi) is 10.3. The topological polar surface area (TPSA) is 70.5 Å². The standard InChI is InChI=1S/C11H26N2O2/c1-3-8-14-9-6-10(13)11(5-7-12)15-4-2/h10-11H,3-9,12-13H2,1-2H3. The molecule has 0 heterocycles. The zero-order valence-corrected chi connectivity index (χ0v) is 10.1. The molecule has 0 rings (SSSR count). The van der Waals surface area contributed by atoms with Gasteiger partial charge in [-0.25, -0.2) is 0 Å². The minimum absolute atomic E-state index is 0.0327. The minimum atomic E-state index is 0.0327. The van der Waals surface area contributed by atoms with Gasteiger partial charge in [-0.2, -0.15) is 0 Å². The van der Waals surface area contributed by atoms with Crippen LogP contribution in [0.15, 0.2) is 0 Å². The Morgan fingerprint density at radius 1 is 1.13 bits per heavy atom. The zero-order valence-electron chi connectivity index (χ0n) is 10.1. The molecular weight excluding hydrogens is 192 g/mol. The Morgan fingerprint density at radius 2 is 1.87 bits per heavy atom. The van der Waals surface area contributed by atoms with Crippen LogP contribution in [0, 0.1) is 0 Å². The van der Waals surface area contributed by atoms with Gasteiger partial charge in [-0.15, -0.1) is 0 Å². The van der Waals surface area contributed by atoms with Crippen molar-refractivity contribution in [1.29, 1.82) is 0 Å². The molecule has 4 heteroatoms. The Morgan fingerprint density at radius 3 is 2.40 bits per heavy atom.